The molecule has 0 saturated heterocycles. The highest BCUT2D eigenvalue weighted by molar-refractivity contribution is 6.05. The van der Waals surface area contributed by atoms with Crippen LogP contribution in [0.4, 0.5) is 10.1 Å². The van der Waals surface area contributed by atoms with E-state index in [-0.39, 0.29) is 22.8 Å². The van der Waals surface area contributed by atoms with Crippen LogP contribution in [-0.2, 0) is 14.9 Å². The number of amides is 1. The van der Waals surface area contributed by atoms with Gasteiger partial charge in [0.25, 0.3) is 0 Å². The van der Waals surface area contributed by atoms with Crippen LogP contribution in [0.3, 0.4) is 0 Å². The van der Waals surface area contributed by atoms with E-state index in [1.807, 2.05) is 0 Å². The van der Waals surface area contributed by atoms with Crippen molar-refractivity contribution in [1.29, 1.82) is 0 Å². The fourth-order valence-electron chi connectivity index (χ4n) is 3.14. The Labute approximate surface area is 160 Å². The number of hydrogen-bond acceptors (Lipinski definition) is 5. The van der Waals surface area contributed by atoms with Crippen LogP contribution >= 0.6 is 0 Å². The predicted molar refractivity (Wildman–Crippen MR) is 99.2 cm³/mol. The number of hydrogen-bond donors (Lipinski definition) is 1. The van der Waals surface area contributed by atoms with Crippen molar-refractivity contribution in [2.45, 2.75) is 18.3 Å². The van der Waals surface area contributed by atoms with Crippen molar-refractivity contribution in [1.82, 2.24) is 5.16 Å². The van der Waals surface area contributed by atoms with Crippen LogP contribution in [0.25, 0.3) is 11.3 Å². The summed E-state index contributed by atoms with van der Waals surface area (Å²) in [6.45, 7) is 0. The molecule has 28 heavy (non-hydrogen) atoms. The van der Waals surface area contributed by atoms with E-state index in [9.17, 15) is 14.0 Å². The lowest BCUT2D eigenvalue weighted by Crippen LogP contribution is -2.29. The largest absolute Gasteiger partial charge is 0.465 e. The van der Waals surface area contributed by atoms with E-state index in [1.54, 1.807) is 48.5 Å². The molecule has 1 aliphatic carbocycles. The van der Waals surface area contributed by atoms with E-state index >= 15 is 0 Å². The highest BCUT2D eigenvalue weighted by Gasteiger charge is 2.54. The maximum atomic E-state index is 14.0. The van der Waals surface area contributed by atoms with Crippen molar-refractivity contribution in [3.05, 3.63) is 71.7 Å². The summed E-state index contributed by atoms with van der Waals surface area (Å²) < 4.78 is 24.0. The molecular formula is C21H17FN2O4. The van der Waals surface area contributed by atoms with Crippen molar-refractivity contribution in [2.75, 3.05) is 12.4 Å². The van der Waals surface area contributed by atoms with E-state index in [1.165, 1.54) is 13.2 Å². The van der Waals surface area contributed by atoms with Crippen molar-refractivity contribution >= 4 is 17.6 Å². The molecule has 0 aliphatic heterocycles. The molecule has 1 aliphatic rings. The van der Waals surface area contributed by atoms with Crippen LogP contribution in [0.2, 0.25) is 0 Å². The fraction of sp³-hybridized carbons (Fsp3) is 0.190. The average molecular weight is 380 g/mol. The third-order valence-electron chi connectivity index (χ3n) is 4.90. The van der Waals surface area contributed by atoms with Gasteiger partial charge in [-0.25, -0.2) is 9.18 Å². The summed E-state index contributed by atoms with van der Waals surface area (Å²) in [7, 11) is 1.28. The quantitative estimate of drug-likeness (QED) is 0.678. The van der Waals surface area contributed by atoms with E-state index in [0.29, 0.717) is 24.2 Å². The monoisotopic (exact) mass is 380 g/mol. The highest BCUT2D eigenvalue weighted by atomic mass is 19.1. The predicted octanol–water partition coefficient (Wildman–Crippen LogP) is 3.94. The summed E-state index contributed by atoms with van der Waals surface area (Å²) in [5, 5.41) is 6.80. The Morgan fingerprint density at radius 3 is 2.57 bits per heavy atom. The minimum atomic E-state index is -0.851. The van der Waals surface area contributed by atoms with Crippen molar-refractivity contribution in [3.63, 3.8) is 0 Å². The summed E-state index contributed by atoms with van der Waals surface area (Å²) in [6, 6.07) is 14.4. The number of halogens is 1. The van der Waals surface area contributed by atoms with Crippen LogP contribution in [0.5, 0.6) is 0 Å². The smallest absolute Gasteiger partial charge is 0.339 e. The molecule has 1 heterocycles. The number of carbonyl (C=O) groups excluding carboxylic acids is 2. The Balaban J connectivity index is 1.60. The maximum Gasteiger partial charge on any atom is 0.339 e. The second kappa shape index (κ2) is 6.92. The Bertz CT molecular complexity index is 1060. The van der Waals surface area contributed by atoms with Gasteiger partial charge in [-0.3, -0.25) is 4.79 Å². The number of ether oxygens (including phenoxy) is 1. The molecule has 4 rings (SSSR count). The molecule has 1 amide bonds. The zero-order chi connectivity index (χ0) is 19.7. The number of rotatable bonds is 5. The van der Waals surface area contributed by atoms with Crippen LogP contribution in [0.15, 0.2) is 59.1 Å². The summed E-state index contributed by atoms with van der Waals surface area (Å²) in [4.78, 5) is 24.9. The topological polar surface area (TPSA) is 81.4 Å². The molecule has 7 heteroatoms. The first kappa shape index (κ1) is 17.9. The van der Waals surface area contributed by atoms with Crippen molar-refractivity contribution in [3.8, 4) is 11.3 Å². The number of esters is 1. The van der Waals surface area contributed by atoms with Crippen LogP contribution in [-0.4, -0.2) is 24.1 Å². The molecule has 0 atom stereocenters. The standard InChI is InChI=1S/C21H17FN2O4/c1-27-19(25)14-7-3-5-9-16(14)23-20(26)21(10-11-21)18-12-17(28-24-18)13-6-2-4-8-15(13)22/h2-9,12H,10-11H2,1H3,(H,23,26). The van der Waals surface area contributed by atoms with Gasteiger partial charge in [0.2, 0.25) is 5.91 Å². The van der Waals surface area contributed by atoms with Gasteiger partial charge in [0.1, 0.15) is 5.82 Å². The number of nitrogens with one attached hydrogen (secondary N) is 1. The van der Waals surface area contributed by atoms with Gasteiger partial charge in [-0.2, -0.15) is 0 Å². The first-order valence-corrected chi connectivity index (χ1v) is 8.76. The Hall–Kier alpha value is -3.48. The van der Waals surface area contributed by atoms with E-state index in [4.69, 9.17) is 9.26 Å². The molecule has 2 aromatic carbocycles. The lowest BCUT2D eigenvalue weighted by atomic mass is 9.99. The van der Waals surface area contributed by atoms with E-state index in [0.717, 1.165) is 0 Å². The van der Waals surface area contributed by atoms with Gasteiger partial charge in [-0.1, -0.05) is 29.4 Å². The van der Waals surface area contributed by atoms with E-state index < -0.39 is 17.2 Å². The Morgan fingerprint density at radius 2 is 1.86 bits per heavy atom. The molecule has 142 valence electrons. The second-order valence-corrected chi connectivity index (χ2v) is 6.63. The molecule has 0 radical (unpaired) electrons. The summed E-state index contributed by atoms with van der Waals surface area (Å²) in [6.07, 6.45) is 1.17. The van der Waals surface area contributed by atoms with Crippen molar-refractivity contribution < 1.29 is 23.2 Å². The highest BCUT2D eigenvalue weighted by Crippen LogP contribution is 2.49. The SMILES string of the molecule is COC(=O)c1ccccc1NC(=O)C1(c2cc(-c3ccccc3F)on2)CC1. The zero-order valence-electron chi connectivity index (χ0n) is 15.1. The lowest BCUT2D eigenvalue weighted by Gasteiger charge is -2.14. The second-order valence-electron chi connectivity index (χ2n) is 6.63. The molecule has 1 fully saturated rings. The normalized spacial score (nSPS) is 14.4. The lowest BCUT2D eigenvalue weighted by molar-refractivity contribution is -0.118. The number of aromatic nitrogens is 1. The molecule has 0 unspecified atom stereocenters. The van der Waals surface area contributed by atoms with Gasteiger partial charge in [-0.15, -0.1) is 0 Å². The summed E-state index contributed by atoms with van der Waals surface area (Å²) >= 11 is 0. The number of carbonyl (C=O) groups is 2. The third kappa shape index (κ3) is 3.05. The first-order valence-electron chi connectivity index (χ1n) is 8.76. The number of anilines is 1. The van der Waals surface area contributed by atoms with Crippen LogP contribution in [0.1, 0.15) is 28.9 Å². The van der Waals surface area contributed by atoms with Crippen molar-refractivity contribution in [2.24, 2.45) is 0 Å². The summed E-state index contributed by atoms with van der Waals surface area (Å²) in [5.74, 6) is -0.991. The van der Waals surface area contributed by atoms with Gasteiger partial charge in [-0.05, 0) is 37.1 Å². The minimum absolute atomic E-state index is 0.265. The molecule has 1 saturated carbocycles. The molecule has 6 nitrogen and oxygen atoms in total. The molecule has 0 spiro atoms. The number of para-hydroxylation sites is 1. The number of benzene rings is 2. The number of methoxy groups -OCH3 is 1. The average Bonchev–Trinajstić information content (AvgIpc) is 3.39. The fourth-order valence-corrected chi connectivity index (χ4v) is 3.14. The molecule has 0 bridgehead atoms. The number of nitrogens with zero attached hydrogens (tertiary/aromatic N) is 1. The van der Waals surface area contributed by atoms with E-state index in [2.05, 4.69) is 10.5 Å². The Morgan fingerprint density at radius 1 is 1.14 bits per heavy atom. The van der Waals surface area contributed by atoms with Gasteiger partial charge < -0.3 is 14.6 Å². The molecule has 3 aromatic rings. The van der Waals surface area contributed by atoms with Gasteiger partial charge >= 0.3 is 5.97 Å². The minimum Gasteiger partial charge on any atom is -0.465 e. The summed E-state index contributed by atoms with van der Waals surface area (Å²) in [5.41, 5.74) is 0.507. The van der Waals surface area contributed by atoms with Gasteiger partial charge in [0.15, 0.2) is 5.76 Å². The van der Waals surface area contributed by atoms with Crippen LogP contribution in [0, 0.1) is 5.82 Å². The zero-order valence-corrected chi connectivity index (χ0v) is 15.1. The third-order valence-corrected chi connectivity index (χ3v) is 4.90. The molecule has 1 N–H and O–H groups in total. The maximum absolute atomic E-state index is 14.0. The molecular weight excluding hydrogens is 363 g/mol. The van der Waals surface area contributed by atoms with Crippen LogP contribution < -0.4 is 5.32 Å². The molecule has 1 aromatic heterocycles. The first-order chi connectivity index (χ1) is 13.5. The van der Waals surface area contributed by atoms with Gasteiger partial charge in [0, 0.05) is 6.07 Å². The van der Waals surface area contributed by atoms with Gasteiger partial charge in [0.05, 0.1) is 35.0 Å². The Kier molecular flexibility index (Phi) is 4.43.